The molecule has 0 fully saturated rings. The largest absolute Gasteiger partial charge is 0.505 e. The van der Waals surface area contributed by atoms with E-state index in [9.17, 15) is 28.2 Å². The molecule has 24 heavy (non-hydrogen) atoms. The molecule has 1 aliphatic rings. The maximum absolute atomic E-state index is 13.0. The number of carboxylic acids is 1. The summed E-state index contributed by atoms with van der Waals surface area (Å²) >= 11 is 0. The Morgan fingerprint density at radius 1 is 1.33 bits per heavy atom. The fourth-order valence-corrected chi connectivity index (χ4v) is 4.79. The number of sulfonamides is 1. The van der Waals surface area contributed by atoms with Crippen LogP contribution in [0.25, 0.3) is 5.76 Å². The van der Waals surface area contributed by atoms with Crippen LogP contribution in [0.1, 0.15) is 37.1 Å². The minimum atomic E-state index is -4.41. The summed E-state index contributed by atoms with van der Waals surface area (Å²) in [5.74, 6) is -2.74. The number of hydrogen-bond acceptors (Lipinski definition) is 6. The van der Waals surface area contributed by atoms with E-state index in [4.69, 9.17) is 0 Å². The molecular formula is C15H18N2O6S. The van der Waals surface area contributed by atoms with Crippen LogP contribution in [-0.2, 0) is 19.6 Å². The quantitative estimate of drug-likeness (QED) is 0.836. The molecule has 1 atom stereocenters. The number of nitrogens with zero attached hydrogens (tertiary/aromatic N) is 2. The third kappa shape index (κ3) is 2.54. The third-order valence-corrected chi connectivity index (χ3v) is 5.52. The number of ketones is 1. The van der Waals surface area contributed by atoms with Gasteiger partial charge in [-0.25, -0.2) is 14.1 Å². The van der Waals surface area contributed by atoms with Crippen molar-refractivity contribution in [2.75, 3.05) is 0 Å². The highest BCUT2D eigenvalue weighted by Crippen LogP contribution is 2.38. The molecule has 130 valence electrons. The zero-order chi connectivity index (χ0) is 18.4. The first-order valence-electron chi connectivity index (χ1n) is 7.24. The van der Waals surface area contributed by atoms with Crippen LogP contribution in [0.3, 0.4) is 0 Å². The summed E-state index contributed by atoms with van der Waals surface area (Å²) in [5, 5.41) is 19.4. The van der Waals surface area contributed by atoms with E-state index in [2.05, 4.69) is 4.98 Å². The lowest BCUT2D eigenvalue weighted by molar-refractivity contribution is -0.141. The van der Waals surface area contributed by atoms with Crippen LogP contribution in [0.5, 0.6) is 0 Å². The van der Waals surface area contributed by atoms with Gasteiger partial charge in [0.1, 0.15) is 11.7 Å². The van der Waals surface area contributed by atoms with Crippen LogP contribution in [0, 0.1) is 13.8 Å². The zero-order valence-electron chi connectivity index (χ0n) is 13.7. The Hall–Kier alpha value is -2.42. The van der Waals surface area contributed by atoms with Crippen molar-refractivity contribution >= 4 is 27.5 Å². The molecule has 1 aromatic heterocycles. The minimum absolute atomic E-state index is 0.0673. The first-order valence-corrected chi connectivity index (χ1v) is 8.68. The molecule has 0 saturated carbocycles. The first kappa shape index (κ1) is 17.9. The van der Waals surface area contributed by atoms with E-state index < -0.39 is 44.3 Å². The number of Topliss-reactive ketones (excluding diaryl/α,β-unsaturated/α-hetero) is 1. The summed E-state index contributed by atoms with van der Waals surface area (Å²) in [5.41, 5.74) is 0.213. The van der Waals surface area contributed by atoms with E-state index in [1.807, 2.05) is 0 Å². The standard InChI is InChI=1S/C15H18N2O6S/c1-5-10(15(20)21)17-12(9(4)18)13(19)11-7(2)6-8(3)16-14(11)24(17,22)23/h6,10,19H,5H2,1-4H3,(H,20,21). The summed E-state index contributed by atoms with van der Waals surface area (Å²) in [6.45, 7) is 5.72. The molecule has 2 heterocycles. The van der Waals surface area contributed by atoms with Crippen LogP contribution < -0.4 is 0 Å². The van der Waals surface area contributed by atoms with Crippen LogP contribution in [-0.4, -0.2) is 45.7 Å². The molecule has 1 unspecified atom stereocenters. The first-order chi connectivity index (χ1) is 11.0. The van der Waals surface area contributed by atoms with Crippen molar-refractivity contribution in [2.24, 2.45) is 0 Å². The second-order valence-electron chi connectivity index (χ2n) is 5.58. The molecule has 1 aromatic rings. The summed E-state index contributed by atoms with van der Waals surface area (Å²) in [4.78, 5) is 27.5. The van der Waals surface area contributed by atoms with E-state index in [-0.39, 0.29) is 12.0 Å². The third-order valence-electron chi connectivity index (χ3n) is 3.78. The van der Waals surface area contributed by atoms with Crippen LogP contribution in [0.2, 0.25) is 0 Å². The van der Waals surface area contributed by atoms with E-state index >= 15 is 0 Å². The van der Waals surface area contributed by atoms with Gasteiger partial charge in [-0.15, -0.1) is 0 Å². The molecule has 8 nitrogen and oxygen atoms in total. The van der Waals surface area contributed by atoms with Crippen LogP contribution in [0.4, 0.5) is 0 Å². The number of pyridine rings is 1. The predicted molar refractivity (Wildman–Crippen MR) is 84.7 cm³/mol. The maximum Gasteiger partial charge on any atom is 0.327 e. The molecule has 0 saturated heterocycles. The molecule has 1 aliphatic heterocycles. The summed E-state index contributed by atoms with van der Waals surface area (Å²) < 4.78 is 26.4. The SMILES string of the molecule is CCC(C(=O)O)N1C(C(C)=O)=C(O)c2c(C)cc(C)nc2S1(=O)=O. The molecule has 0 radical (unpaired) electrons. The van der Waals surface area contributed by atoms with Crippen molar-refractivity contribution in [1.29, 1.82) is 0 Å². The van der Waals surface area contributed by atoms with Crippen molar-refractivity contribution in [3.8, 4) is 0 Å². The van der Waals surface area contributed by atoms with Gasteiger partial charge >= 0.3 is 5.97 Å². The lowest BCUT2D eigenvalue weighted by Gasteiger charge is -2.34. The van der Waals surface area contributed by atoms with Gasteiger partial charge in [-0.05, 0) is 31.9 Å². The van der Waals surface area contributed by atoms with E-state index in [1.165, 1.54) is 6.92 Å². The molecule has 0 bridgehead atoms. The fourth-order valence-electron chi connectivity index (χ4n) is 2.80. The average Bonchev–Trinajstić information content (AvgIpc) is 2.43. The van der Waals surface area contributed by atoms with Crippen molar-refractivity contribution in [3.05, 3.63) is 28.6 Å². The molecule has 0 spiro atoms. The topological polar surface area (TPSA) is 125 Å². The summed E-state index contributed by atoms with van der Waals surface area (Å²) in [7, 11) is -4.41. The van der Waals surface area contributed by atoms with Crippen LogP contribution >= 0.6 is 0 Å². The number of aromatic nitrogens is 1. The Labute approximate surface area is 139 Å². The highest BCUT2D eigenvalue weighted by atomic mass is 32.2. The molecule has 0 aromatic carbocycles. The number of aliphatic carboxylic acids is 1. The van der Waals surface area contributed by atoms with Crippen molar-refractivity contribution in [3.63, 3.8) is 0 Å². The highest BCUT2D eigenvalue weighted by molar-refractivity contribution is 7.89. The zero-order valence-corrected chi connectivity index (χ0v) is 14.5. The van der Waals surface area contributed by atoms with Crippen LogP contribution in [0.15, 0.2) is 16.8 Å². The summed E-state index contributed by atoms with van der Waals surface area (Å²) in [6, 6.07) is 0.0544. The average molecular weight is 354 g/mol. The number of aliphatic hydroxyl groups is 1. The number of carbonyl (C=O) groups excluding carboxylic acids is 1. The summed E-state index contributed by atoms with van der Waals surface area (Å²) in [6.07, 6.45) is -0.0846. The Balaban J connectivity index is 2.96. The van der Waals surface area contributed by atoms with Crippen molar-refractivity contribution < 1.29 is 28.2 Å². The number of hydrogen-bond donors (Lipinski definition) is 2. The second-order valence-corrected chi connectivity index (χ2v) is 7.31. The fraction of sp³-hybridized carbons (Fsp3) is 0.400. The molecule has 2 rings (SSSR count). The molecule has 9 heteroatoms. The highest BCUT2D eigenvalue weighted by Gasteiger charge is 2.46. The van der Waals surface area contributed by atoms with Crippen molar-refractivity contribution in [2.45, 2.75) is 45.2 Å². The minimum Gasteiger partial charge on any atom is -0.505 e. The Morgan fingerprint density at radius 3 is 2.38 bits per heavy atom. The van der Waals surface area contributed by atoms with Gasteiger partial charge in [-0.3, -0.25) is 4.79 Å². The number of carboxylic acid groups (broad SMARTS) is 1. The van der Waals surface area contributed by atoms with Gasteiger partial charge in [-0.2, -0.15) is 8.42 Å². The van der Waals surface area contributed by atoms with E-state index in [0.29, 0.717) is 15.6 Å². The predicted octanol–water partition coefficient (Wildman–Crippen LogP) is 1.38. The molecule has 0 aliphatic carbocycles. The molecule has 0 amide bonds. The smallest absolute Gasteiger partial charge is 0.327 e. The van der Waals surface area contributed by atoms with Gasteiger partial charge in [0, 0.05) is 12.6 Å². The Kier molecular flexibility index (Phi) is 4.40. The molecule has 2 N–H and O–H groups in total. The maximum atomic E-state index is 13.0. The van der Waals surface area contributed by atoms with Gasteiger partial charge in [0.15, 0.2) is 16.6 Å². The number of fused-ring (bicyclic) bond motifs is 1. The Bertz CT molecular complexity index is 872. The van der Waals surface area contributed by atoms with Crippen molar-refractivity contribution in [1.82, 2.24) is 9.29 Å². The van der Waals surface area contributed by atoms with Gasteiger partial charge in [0.2, 0.25) is 0 Å². The van der Waals surface area contributed by atoms with Gasteiger partial charge in [-0.1, -0.05) is 6.92 Å². The van der Waals surface area contributed by atoms with Gasteiger partial charge in [0.05, 0.1) is 5.56 Å². The molecular weight excluding hydrogens is 336 g/mol. The number of rotatable bonds is 4. The number of aryl methyl sites for hydroxylation is 2. The van der Waals surface area contributed by atoms with Gasteiger partial charge in [0.25, 0.3) is 10.0 Å². The number of carbonyl (C=O) groups is 2. The number of aliphatic hydroxyl groups excluding tert-OH is 1. The van der Waals surface area contributed by atoms with E-state index in [1.54, 1.807) is 19.9 Å². The monoisotopic (exact) mass is 354 g/mol. The van der Waals surface area contributed by atoms with E-state index in [0.717, 1.165) is 6.92 Å². The lowest BCUT2D eigenvalue weighted by atomic mass is 10.0. The lowest BCUT2D eigenvalue weighted by Crippen LogP contribution is -2.48. The second kappa shape index (κ2) is 5.90. The van der Waals surface area contributed by atoms with Gasteiger partial charge < -0.3 is 10.2 Å². The number of allylic oxidation sites excluding steroid dienone is 1. The Morgan fingerprint density at radius 2 is 1.92 bits per heavy atom. The normalized spacial score (nSPS) is 17.4.